The van der Waals surface area contributed by atoms with Gasteiger partial charge in [0.1, 0.15) is 0 Å². The Balaban J connectivity index is 2.23. The van der Waals surface area contributed by atoms with E-state index in [0.29, 0.717) is 5.92 Å². The lowest BCUT2D eigenvalue weighted by molar-refractivity contribution is 0.589. The molecule has 1 heterocycles. The number of allylic oxidation sites excluding steroid dienone is 3. The number of nitrogens with one attached hydrogen (secondary N) is 1. The van der Waals surface area contributed by atoms with Gasteiger partial charge in [-0.2, -0.15) is 0 Å². The molecule has 0 saturated heterocycles. The Kier molecular flexibility index (Phi) is 1.31. The zero-order valence-electron chi connectivity index (χ0n) is 5.75. The van der Waals surface area contributed by atoms with Crippen molar-refractivity contribution in [3.63, 3.8) is 0 Å². The van der Waals surface area contributed by atoms with Crippen LogP contribution < -0.4 is 5.32 Å². The maximum atomic E-state index is 4.15. The second-order valence-electron chi connectivity index (χ2n) is 2.62. The highest BCUT2D eigenvalue weighted by atomic mass is 15.0. The highest BCUT2D eigenvalue weighted by Crippen LogP contribution is 2.19. The summed E-state index contributed by atoms with van der Waals surface area (Å²) in [5, 5.41) is 3.14. The van der Waals surface area contributed by atoms with Crippen LogP contribution in [0.3, 0.4) is 0 Å². The Morgan fingerprint density at radius 3 is 3.50 bits per heavy atom. The molecule has 2 heteroatoms. The summed E-state index contributed by atoms with van der Waals surface area (Å²) in [6.07, 6.45) is 9.33. The molecule has 1 N–H and O–H groups in total. The van der Waals surface area contributed by atoms with Gasteiger partial charge in [-0.3, -0.25) is 4.99 Å². The van der Waals surface area contributed by atoms with Crippen molar-refractivity contribution < 1.29 is 0 Å². The van der Waals surface area contributed by atoms with E-state index in [1.165, 1.54) is 5.70 Å². The van der Waals surface area contributed by atoms with Gasteiger partial charge in [0.05, 0.1) is 6.34 Å². The fourth-order valence-corrected chi connectivity index (χ4v) is 1.32. The van der Waals surface area contributed by atoms with Crippen LogP contribution in [0.4, 0.5) is 0 Å². The molecule has 0 spiro atoms. The first-order valence-electron chi connectivity index (χ1n) is 3.58. The molecule has 2 rings (SSSR count). The molecule has 10 heavy (non-hydrogen) atoms. The summed E-state index contributed by atoms with van der Waals surface area (Å²) < 4.78 is 0. The van der Waals surface area contributed by atoms with Gasteiger partial charge in [-0.15, -0.1) is 0 Å². The topological polar surface area (TPSA) is 24.4 Å². The molecule has 0 radical (unpaired) electrons. The fraction of sp³-hybridized carbons (Fsp3) is 0.375. The van der Waals surface area contributed by atoms with Gasteiger partial charge in [0, 0.05) is 18.2 Å². The Morgan fingerprint density at radius 2 is 2.60 bits per heavy atom. The van der Waals surface area contributed by atoms with E-state index in [0.717, 1.165) is 13.0 Å². The molecule has 2 aliphatic rings. The van der Waals surface area contributed by atoms with Gasteiger partial charge in [0.2, 0.25) is 0 Å². The number of fused-ring (bicyclic) bond motifs is 1. The summed E-state index contributed by atoms with van der Waals surface area (Å²) in [6.45, 7) is 0.948. The van der Waals surface area contributed by atoms with E-state index >= 15 is 0 Å². The van der Waals surface area contributed by atoms with Crippen LogP contribution in [0.5, 0.6) is 0 Å². The van der Waals surface area contributed by atoms with Gasteiger partial charge in [-0.05, 0) is 12.5 Å². The van der Waals surface area contributed by atoms with Crippen LogP contribution in [-0.2, 0) is 0 Å². The van der Waals surface area contributed by atoms with Crippen LogP contribution in [0, 0.1) is 5.92 Å². The van der Waals surface area contributed by atoms with E-state index < -0.39 is 0 Å². The van der Waals surface area contributed by atoms with Crippen LogP contribution >= 0.6 is 0 Å². The third-order valence-corrected chi connectivity index (χ3v) is 1.92. The number of hydrogen-bond donors (Lipinski definition) is 1. The highest BCUT2D eigenvalue weighted by molar-refractivity contribution is 5.59. The SMILES string of the molecule is C1=CCC2CN=CNC2=C1. The fourth-order valence-electron chi connectivity index (χ4n) is 1.32. The van der Waals surface area contributed by atoms with Crippen LogP contribution in [0.25, 0.3) is 0 Å². The average Bonchev–Trinajstić information content (AvgIpc) is 2.05. The zero-order chi connectivity index (χ0) is 6.81. The normalized spacial score (nSPS) is 28.8. The van der Waals surface area contributed by atoms with Gasteiger partial charge in [0.15, 0.2) is 0 Å². The third kappa shape index (κ3) is 0.856. The Hall–Kier alpha value is -1.05. The third-order valence-electron chi connectivity index (χ3n) is 1.92. The minimum absolute atomic E-state index is 0.620. The molecule has 52 valence electrons. The number of hydrogen-bond acceptors (Lipinski definition) is 2. The van der Waals surface area contributed by atoms with E-state index in [1.54, 1.807) is 6.34 Å². The van der Waals surface area contributed by atoms with Crippen molar-refractivity contribution in [2.24, 2.45) is 10.9 Å². The quantitative estimate of drug-likeness (QED) is 0.526. The van der Waals surface area contributed by atoms with Crippen molar-refractivity contribution in [1.29, 1.82) is 0 Å². The largest absolute Gasteiger partial charge is 0.350 e. The summed E-state index contributed by atoms with van der Waals surface area (Å²) in [6, 6.07) is 0. The Morgan fingerprint density at radius 1 is 1.60 bits per heavy atom. The number of nitrogens with zero attached hydrogens (tertiary/aromatic N) is 1. The summed E-state index contributed by atoms with van der Waals surface area (Å²) in [5.74, 6) is 0.620. The van der Waals surface area contributed by atoms with Crippen molar-refractivity contribution in [3.05, 3.63) is 23.9 Å². The monoisotopic (exact) mass is 134 g/mol. The van der Waals surface area contributed by atoms with Gasteiger partial charge in [-0.1, -0.05) is 12.2 Å². The first-order valence-corrected chi connectivity index (χ1v) is 3.58. The molecule has 0 aromatic carbocycles. The molecule has 1 aliphatic carbocycles. The molecular weight excluding hydrogens is 124 g/mol. The molecule has 0 bridgehead atoms. The molecular formula is C8H10N2. The predicted molar refractivity (Wildman–Crippen MR) is 41.8 cm³/mol. The summed E-state index contributed by atoms with van der Waals surface area (Å²) >= 11 is 0. The highest BCUT2D eigenvalue weighted by Gasteiger charge is 2.15. The summed E-state index contributed by atoms with van der Waals surface area (Å²) in [4.78, 5) is 4.15. The minimum Gasteiger partial charge on any atom is -0.350 e. The standard InChI is InChI=1S/C8H10N2/c1-2-4-8-7(3-1)5-9-6-10-8/h1-2,4,6-7H,3,5H2,(H,9,10). The Bertz CT molecular complexity index is 213. The average molecular weight is 134 g/mol. The smallest absolute Gasteiger partial charge is 0.0865 e. The maximum absolute atomic E-state index is 4.15. The molecule has 0 amide bonds. The van der Waals surface area contributed by atoms with Crippen LogP contribution in [0.2, 0.25) is 0 Å². The lowest BCUT2D eigenvalue weighted by atomic mass is 9.96. The van der Waals surface area contributed by atoms with E-state index in [9.17, 15) is 0 Å². The van der Waals surface area contributed by atoms with Gasteiger partial charge >= 0.3 is 0 Å². The molecule has 1 atom stereocenters. The lowest BCUT2D eigenvalue weighted by Crippen LogP contribution is -2.26. The summed E-state index contributed by atoms with van der Waals surface area (Å²) in [5.41, 5.74) is 1.32. The molecule has 0 aromatic heterocycles. The molecule has 1 aliphatic heterocycles. The van der Waals surface area contributed by atoms with Crippen molar-refractivity contribution >= 4 is 6.34 Å². The van der Waals surface area contributed by atoms with Crippen molar-refractivity contribution in [3.8, 4) is 0 Å². The minimum atomic E-state index is 0.620. The first kappa shape index (κ1) is 5.71. The van der Waals surface area contributed by atoms with Crippen LogP contribution in [0.15, 0.2) is 28.9 Å². The zero-order valence-corrected chi connectivity index (χ0v) is 5.75. The maximum Gasteiger partial charge on any atom is 0.0865 e. The molecule has 0 aromatic rings. The van der Waals surface area contributed by atoms with Crippen molar-refractivity contribution in [2.45, 2.75) is 6.42 Å². The number of aliphatic imine (C=N–C) groups is 1. The second kappa shape index (κ2) is 2.29. The first-order chi connectivity index (χ1) is 4.97. The Labute approximate surface area is 60.3 Å². The van der Waals surface area contributed by atoms with Crippen molar-refractivity contribution in [2.75, 3.05) is 6.54 Å². The van der Waals surface area contributed by atoms with Crippen LogP contribution in [-0.4, -0.2) is 12.9 Å². The van der Waals surface area contributed by atoms with Gasteiger partial charge < -0.3 is 5.32 Å². The van der Waals surface area contributed by atoms with E-state index in [2.05, 4.69) is 28.5 Å². The molecule has 0 saturated carbocycles. The van der Waals surface area contributed by atoms with Gasteiger partial charge in [-0.25, -0.2) is 0 Å². The molecule has 1 unspecified atom stereocenters. The number of rotatable bonds is 0. The van der Waals surface area contributed by atoms with Gasteiger partial charge in [0.25, 0.3) is 0 Å². The predicted octanol–water partition coefficient (Wildman–Crippen LogP) is 1.08. The van der Waals surface area contributed by atoms with E-state index in [-0.39, 0.29) is 0 Å². The molecule has 0 fully saturated rings. The molecule has 2 nitrogen and oxygen atoms in total. The van der Waals surface area contributed by atoms with Crippen LogP contribution in [0.1, 0.15) is 6.42 Å². The second-order valence-corrected chi connectivity index (χ2v) is 2.62. The van der Waals surface area contributed by atoms with E-state index in [4.69, 9.17) is 0 Å². The van der Waals surface area contributed by atoms with E-state index in [1.807, 2.05) is 0 Å². The lowest BCUT2D eigenvalue weighted by Gasteiger charge is -2.22. The van der Waals surface area contributed by atoms with Crippen molar-refractivity contribution in [1.82, 2.24) is 5.32 Å². The summed E-state index contributed by atoms with van der Waals surface area (Å²) in [7, 11) is 0.